The lowest BCUT2D eigenvalue weighted by Gasteiger charge is -2.19. The smallest absolute Gasteiger partial charge is 0.313 e. The summed E-state index contributed by atoms with van der Waals surface area (Å²) < 4.78 is 42.0. The number of nitrogens with zero attached hydrogens (tertiary/aromatic N) is 2. The predicted molar refractivity (Wildman–Crippen MR) is 112 cm³/mol. The number of benzene rings is 2. The number of Topliss-reactive ketones (excluding diaryl/α,β-unsaturated/α-hetero) is 1. The van der Waals surface area contributed by atoms with Crippen LogP contribution in [0, 0.1) is 20.4 Å². The van der Waals surface area contributed by atoms with Gasteiger partial charge in [-0.2, -0.15) is 13.2 Å². The average molecular weight is 424 g/mol. The van der Waals surface area contributed by atoms with E-state index in [1.807, 2.05) is 32.0 Å². The van der Waals surface area contributed by atoms with Crippen molar-refractivity contribution in [3.8, 4) is 11.3 Å². The Balaban J connectivity index is 2.30. The van der Waals surface area contributed by atoms with Gasteiger partial charge < -0.3 is 4.57 Å². The van der Waals surface area contributed by atoms with Crippen LogP contribution in [0.3, 0.4) is 0 Å². The molecule has 158 valence electrons. The Hall–Kier alpha value is -3.66. The van der Waals surface area contributed by atoms with Crippen molar-refractivity contribution in [2.45, 2.75) is 33.5 Å². The fourth-order valence-electron chi connectivity index (χ4n) is 3.42. The molecule has 0 unspecified atom stereocenters. The van der Waals surface area contributed by atoms with E-state index in [0.29, 0.717) is 11.1 Å². The molecule has 0 bridgehead atoms. The van der Waals surface area contributed by atoms with Gasteiger partial charge in [0.2, 0.25) is 0 Å². The number of aryl methyl sites for hydroxylation is 2. The zero-order valence-electron chi connectivity index (χ0n) is 17.2. The van der Waals surface area contributed by atoms with E-state index >= 15 is 0 Å². The molecular weight excluding hydrogens is 405 g/mol. The summed E-state index contributed by atoms with van der Waals surface area (Å²) in [5, 5.41) is 0. The van der Waals surface area contributed by atoms with Crippen LogP contribution in [0.1, 0.15) is 39.5 Å². The maximum absolute atomic E-state index is 13.6. The molecule has 0 amide bonds. The molecule has 0 aliphatic carbocycles. The Morgan fingerprint density at radius 1 is 1.06 bits per heavy atom. The molecule has 0 N–H and O–H groups in total. The van der Waals surface area contributed by atoms with E-state index in [1.165, 1.54) is 35.8 Å². The van der Waals surface area contributed by atoms with Gasteiger partial charge in [-0.1, -0.05) is 48.0 Å². The van der Waals surface area contributed by atoms with Gasteiger partial charge in [-0.25, -0.2) is 4.85 Å². The van der Waals surface area contributed by atoms with E-state index in [4.69, 9.17) is 6.57 Å². The third-order valence-electron chi connectivity index (χ3n) is 5.11. The molecule has 3 aromatic rings. The van der Waals surface area contributed by atoms with E-state index in [-0.39, 0.29) is 18.0 Å². The molecule has 7 heteroatoms. The number of aromatic nitrogens is 1. The summed E-state index contributed by atoms with van der Waals surface area (Å²) in [7, 11) is 0. The molecule has 3 rings (SSSR count). The van der Waals surface area contributed by atoms with E-state index < -0.39 is 23.0 Å². The molecule has 0 aliphatic rings. The molecule has 0 radical (unpaired) electrons. The van der Waals surface area contributed by atoms with Gasteiger partial charge in [0.25, 0.3) is 11.2 Å². The molecule has 31 heavy (non-hydrogen) atoms. The summed E-state index contributed by atoms with van der Waals surface area (Å²) in [6, 6.07) is 12.4. The third-order valence-corrected chi connectivity index (χ3v) is 5.11. The monoisotopic (exact) mass is 424 g/mol. The van der Waals surface area contributed by atoms with Gasteiger partial charge in [-0.05, 0) is 43.5 Å². The van der Waals surface area contributed by atoms with Crippen LogP contribution < -0.4 is 5.56 Å². The zero-order valence-corrected chi connectivity index (χ0v) is 17.2. The van der Waals surface area contributed by atoms with Crippen molar-refractivity contribution in [2.75, 3.05) is 0 Å². The van der Waals surface area contributed by atoms with Crippen LogP contribution >= 0.6 is 0 Å². The number of rotatable bonds is 4. The van der Waals surface area contributed by atoms with Gasteiger partial charge in [-0.3, -0.25) is 9.59 Å². The number of alkyl halides is 3. The van der Waals surface area contributed by atoms with Crippen molar-refractivity contribution in [1.29, 1.82) is 0 Å². The highest BCUT2D eigenvalue weighted by Gasteiger charge is 2.36. The molecule has 1 aromatic heterocycles. The maximum Gasteiger partial charge on any atom is 0.407 e. The number of carbonyl (C=O) groups excluding carboxylic acids is 1. The second-order valence-electron chi connectivity index (χ2n) is 7.36. The quantitative estimate of drug-likeness (QED) is 0.384. The molecule has 0 saturated heterocycles. The summed E-state index contributed by atoms with van der Waals surface area (Å²) in [6.45, 7) is 12.3. The molecule has 2 aromatic carbocycles. The SMILES string of the molecule is [C-]#[N+]c1c(C(F)(F)F)cc(-c2ccc(C(C)=O)cc2)n(Cc2ccc(C)cc2C)c1=O. The highest BCUT2D eigenvalue weighted by atomic mass is 19.4. The minimum atomic E-state index is -4.86. The lowest BCUT2D eigenvalue weighted by Crippen LogP contribution is -2.25. The summed E-state index contributed by atoms with van der Waals surface area (Å²) in [5.41, 5.74) is 0.198. The number of pyridine rings is 1. The van der Waals surface area contributed by atoms with Crippen molar-refractivity contribution >= 4 is 11.5 Å². The minimum absolute atomic E-state index is 0.00932. The van der Waals surface area contributed by atoms with Gasteiger partial charge in [0.05, 0.1) is 18.7 Å². The first-order chi connectivity index (χ1) is 14.5. The number of hydrogen-bond donors (Lipinski definition) is 0. The molecule has 4 nitrogen and oxygen atoms in total. The lowest BCUT2D eigenvalue weighted by molar-refractivity contribution is -0.136. The van der Waals surface area contributed by atoms with Crippen LogP contribution in [0.15, 0.2) is 53.3 Å². The summed E-state index contributed by atoms with van der Waals surface area (Å²) >= 11 is 0. The van der Waals surface area contributed by atoms with Crippen LogP contribution in [-0.4, -0.2) is 10.4 Å². The van der Waals surface area contributed by atoms with Crippen LogP contribution in [0.2, 0.25) is 0 Å². The summed E-state index contributed by atoms with van der Waals surface area (Å²) in [4.78, 5) is 27.5. The van der Waals surface area contributed by atoms with Crippen LogP contribution in [-0.2, 0) is 12.7 Å². The maximum atomic E-state index is 13.6. The number of hydrogen-bond acceptors (Lipinski definition) is 2. The normalized spacial score (nSPS) is 11.3. The topological polar surface area (TPSA) is 43.4 Å². The number of ketones is 1. The van der Waals surface area contributed by atoms with E-state index in [1.54, 1.807) is 0 Å². The Morgan fingerprint density at radius 3 is 2.23 bits per heavy atom. The van der Waals surface area contributed by atoms with Crippen molar-refractivity contribution in [1.82, 2.24) is 4.57 Å². The van der Waals surface area contributed by atoms with E-state index in [0.717, 1.165) is 22.8 Å². The molecule has 1 heterocycles. The van der Waals surface area contributed by atoms with E-state index in [2.05, 4.69) is 4.85 Å². The van der Waals surface area contributed by atoms with E-state index in [9.17, 15) is 22.8 Å². The largest absolute Gasteiger partial charge is 0.407 e. The fraction of sp³-hybridized carbons (Fsp3) is 0.208. The Kier molecular flexibility index (Phi) is 5.85. The van der Waals surface area contributed by atoms with Gasteiger partial charge in [0.15, 0.2) is 5.78 Å². The summed E-state index contributed by atoms with van der Waals surface area (Å²) in [5.74, 6) is -0.182. The Morgan fingerprint density at radius 2 is 1.71 bits per heavy atom. The molecule has 0 aliphatic heterocycles. The van der Waals surface area contributed by atoms with Gasteiger partial charge in [-0.15, -0.1) is 0 Å². The highest BCUT2D eigenvalue weighted by Crippen LogP contribution is 2.37. The van der Waals surface area contributed by atoms with Crippen molar-refractivity contribution < 1.29 is 18.0 Å². The predicted octanol–water partition coefficient (Wildman–Crippen LogP) is 5.95. The Bertz CT molecular complexity index is 1260. The third kappa shape index (κ3) is 4.43. The van der Waals surface area contributed by atoms with Crippen LogP contribution in [0.5, 0.6) is 0 Å². The molecule has 0 fully saturated rings. The van der Waals surface area contributed by atoms with Crippen molar-refractivity contribution in [3.63, 3.8) is 0 Å². The van der Waals surface area contributed by atoms with Crippen molar-refractivity contribution in [3.05, 3.63) is 98.1 Å². The van der Waals surface area contributed by atoms with Crippen LogP contribution in [0.4, 0.5) is 18.9 Å². The first-order valence-electron chi connectivity index (χ1n) is 9.43. The average Bonchev–Trinajstić information content (AvgIpc) is 2.70. The second-order valence-corrected chi connectivity index (χ2v) is 7.36. The zero-order chi connectivity index (χ0) is 22.9. The van der Waals surface area contributed by atoms with Gasteiger partial charge >= 0.3 is 6.18 Å². The van der Waals surface area contributed by atoms with Crippen LogP contribution in [0.25, 0.3) is 16.1 Å². The van der Waals surface area contributed by atoms with Crippen molar-refractivity contribution in [2.24, 2.45) is 0 Å². The lowest BCUT2D eigenvalue weighted by atomic mass is 10.0. The Labute approximate surface area is 177 Å². The highest BCUT2D eigenvalue weighted by molar-refractivity contribution is 5.94. The first kappa shape index (κ1) is 22.0. The minimum Gasteiger partial charge on any atom is -0.313 e. The fourth-order valence-corrected chi connectivity index (χ4v) is 3.42. The molecular formula is C24H19F3N2O2. The first-order valence-corrected chi connectivity index (χ1v) is 9.43. The molecule has 0 spiro atoms. The summed E-state index contributed by atoms with van der Waals surface area (Å²) in [6.07, 6.45) is -4.86. The number of halogens is 3. The number of carbonyl (C=O) groups is 1. The molecule has 0 atom stereocenters. The second kappa shape index (κ2) is 8.23. The van der Waals surface area contributed by atoms with Gasteiger partial charge in [0, 0.05) is 11.3 Å². The molecule has 0 saturated carbocycles. The van der Waals surface area contributed by atoms with Gasteiger partial charge in [0.1, 0.15) is 0 Å². The standard InChI is InChI=1S/C24H19F3N2O2/c1-14-5-6-19(15(2)11-14)13-29-21(18-9-7-17(8-10-18)16(3)30)12-20(24(25,26)27)22(28-4)23(29)31/h5-12H,13H2,1-3H3.